The number of anilines is 1. The monoisotopic (exact) mass is 381 g/mol. The number of carbonyl (C=O) groups excluding carboxylic acids is 1. The van der Waals surface area contributed by atoms with Gasteiger partial charge in [-0.05, 0) is 36.6 Å². The van der Waals surface area contributed by atoms with Crippen molar-refractivity contribution >= 4 is 22.9 Å². The lowest BCUT2D eigenvalue weighted by Gasteiger charge is -2.12. The molecule has 0 radical (unpaired) electrons. The number of nitrogens with one attached hydrogen (secondary N) is 2. The minimum Gasteiger partial charge on any atom is -0.395 e. The van der Waals surface area contributed by atoms with E-state index in [0.29, 0.717) is 18.1 Å². The highest BCUT2D eigenvalue weighted by Gasteiger charge is 2.16. The number of amides is 1. The molecule has 1 heterocycles. The first-order valence-corrected chi connectivity index (χ1v) is 9.66. The fraction of sp³-hybridized carbons (Fsp3) is 0.238. The maximum Gasteiger partial charge on any atom is 0.284 e. The normalized spacial score (nSPS) is 10.8. The van der Waals surface area contributed by atoms with Gasteiger partial charge in [-0.25, -0.2) is 4.98 Å². The first-order chi connectivity index (χ1) is 13.1. The number of aliphatic hydroxyl groups is 1. The van der Waals surface area contributed by atoms with E-state index in [2.05, 4.69) is 33.8 Å². The van der Waals surface area contributed by atoms with Gasteiger partial charge in [0.1, 0.15) is 0 Å². The summed E-state index contributed by atoms with van der Waals surface area (Å²) in [7, 11) is 0. The quantitative estimate of drug-likeness (QED) is 0.545. The van der Waals surface area contributed by atoms with E-state index in [1.54, 1.807) is 0 Å². The number of benzene rings is 2. The van der Waals surface area contributed by atoms with E-state index in [4.69, 9.17) is 5.11 Å². The van der Waals surface area contributed by atoms with Crippen LogP contribution in [0.4, 0.5) is 5.69 Å². The van der Waals surface area contributed by atoms with Gasteiger partial charge in [0, 0.05) is 23.7 Å². The Bertz CT molecular complexity index is 922. The first kappa shape index (κ1) is 19.2. The minimum absolute atomic E-state index is 0.0855. The van der Waals surface area contributed by atoms with Crippen molar-refractivity contribution in [1.29, 1.82) is 0 Å². The summed E-state index contributed by atoms with van der Waals surface area (Å²) in [5.74, 6) is -0.204. The van der Waals surface area contributed by atoms with Crippen LogP contribution in [0, 0.1) is 13.8 Å². The van der Waals surface area contributed by atoms with Gasteiger partial charge in [-0.15, -0.1) is 11.3 Å². The molecule has 0 aliphatic carbocycles. The van der Waals surface area contributed by atoms with Crippen molar-refractivity contribution in [3.8, 4) is 11.1 Å². The van der Waals surface area contributed by atoms with Gasteiger partial charge in [-0.1, -0.05) is 42.5 Å². The topological polar surface area (TPSA) is 74.2 Å². The molecule has 0 saturated heterocycles. The van der Waals surface area contributed by atoms with E-state index >= 15 is 0 Å². The number of rotatable bonds is 7. The van der Waals surface area contributed by atoms with Crippen LogP contribution in [0.1, 0.15) is 25.9 Å². The molecule has 0 saturated carbocycles. The molecule has 6 heteroatoms. The molecule has 1 amide bonds. The largest absolute Gasteiger partial charge is 0.395 e. The minimum atomic E-state index is -0.204. The molecule has 1 aromatic heterocycles. The van der Waals surface area contributed by atoms with Crippen LogP contribution in [0.15, 0.2) is 48.5 Å². The van der Waals surface area contributed by atoms with Crippen LogP contribution >= 0.6 is 11.3 Å². The zero-order chi connectivity index (χ0) is 19.2. The number of nitrogens with zero attached hydrogens (tertiary/aromatic N) is 1. The fourth-order valence-corrected chi connectivity index (χ4v) is 3.77. The van der Waals surface area contributed by atoms with Crippen molar-refractivity contribution in [2.45, 2.75) is 20.4 Å². The molecule has 3 rings (SSSR count). The molecule has 0 aliphatic rings. The molecule has 5 nitrogen and oxygen atoms in total. The molecule has 3 N–H and O–H groups in total. The average Bonchev–Trinajstić information content (AvgIpc) is 3.05. The Kier molecular flexibility index (Phi) is 6.34. The second-order valence-corrected chi connectivity index (χ2v) is 7.31. The van der Waals surface area contributed by atoms with Gasteiger partial charge in [-0.3, -0.25) is 4.79 Å². The lowest BCUT2D eigenvalue weighted by Crippen LogP contribution is -2.17. The number of aromatic nitrogens is 1. The van der Waals surface area contributed by atoms with E-state index < -0.39 is 0 Å². The van der Waals surface area contributed by atoms with Crippen molar-refractivity contribution < 1.29 is 9.90 Å². The van der Waals surface area contributed by atoms with Gasteiger partial charge in [0.15, 0.2) is 5.01 Å². The highest BCUT2D eigenvalue weighted by molar-refractivity contribution is 7.13. The van der Waals surface area contributed by atoms with Gasteiger partial charge in [0.2, 0.25) is 0 Å². The van der Waals surface area contributed by atoms with Crippen LogP contribution in [-0.2, 0) is 6.54 Å². The van der Waals surface area contributed by atoms with Crippen LogP contribution in [0.2, 0.25) is 0 Å². The summed E-state index contributed by atoms with van der Waals surface area (Å²) in [5, 5.41) is 15.4. The Balaban J connectivity index is 1.78. The number of aryl methyl sites for hydroxylation is 1. The molecular formula is C21H23N3O2S. The number of carbonyl (C=O) groups is 1. The van der Waals surface area contributed by atoms with Crippen LogP contribution in [0.3, 0.4) is 0 Å². The third kappa shape index (κ3) is 4.60. The molecule has 27 heavy (non-hydrogen) atoms. The van der Waals surface area contributed by atoms with E-state index in [9.17, 15) is 4.79 Å². The van der Waals surface area contributed by atoms with E-state index in [-0.39, 0.29) is 12.5 Å². The smallest absolute Gasteiger partial charge is 0.284 e. The van der Waals surface area contributed by atoms with Gasteiger partial charge >= 0.3 is 0 Å². The van der Waals surface area contributed by atoms with E-state index in [1.807, 2.05) is 44.2 Å². The Hall–Kier alpha value is -2.54. The highest BCUT2D eigenvalue weighted by Crippen LogP contribution is 2.29. The first-order valence-electron chi connectivity index (χ1n) is 8.84. The Morgan fingerprint density at radius 2 is 1.89 bits per heavy atom. The van der Waals surface area contributed by atoms with Gasteiger partial charge in [0.25, 0.3) is 5.91 Å². The second-order valence-electron chi connectivity index (χ2n) is 6.23. The second kappa shape index (κ2) is 8.90. The summed E-state index contributed by atoms with van der Waals surface area (Å²) in [6, 6.07) is 16.0. The molecule has 0 fully saturated rings. The van der Waals surface area contributed by atoms with Gasteiger partial charge in [0.05, 0.1) is 12.3 Å². The molecule has 140 valence electrons. The Labute approximate surface area is 163 Å². The standard InChI is InChI=1S/C21H23N3O2S/c1-14-17(16-7-4-3-5-8-16)9-6-10-18(14)24-20(26)21-23-15(2)19(27-21)13-22-11-12-25/h3-10,22,25H,11-13H2,1-2H3,(H,24,26). The van der Waals surface area contributed by atoms with Crippen LogP contribution < -0.4 is 10.6 Å². The lowest BCUT2D eigenvalue weighted by atomic mass is 9.99. The molecule has 0 atom stereocenters. The van der Waals surface area contributed by atoms with Crippen molar-refractivity contribution in [2.24, 2.45) is 0 Å². The average molecular weight is 382 g/mol. The summed E-state index contributed by atoms with van der Waals surface area (Å²) in [6.45, 7) is 5.10. The molecular weight excluding hydrogens is 358 g/mol. The summed E-state index contributed by atoms with van der Waals surface area (Å²) in [6.07, 6.45) is 0. The Morgan fingerprint density at radius 1 is 1.11 bits per heavy atom. The number of hydrogen-bond acceptors (Lipinski definition) is 5. The zero-order valence-corrected chi connectivity index (χ0v) is 16.3. The summed E-state index contributed by atoms with van der Waals surface area (Å²) in [4.78, 5) is 18.1. The zero-order valence-electron chi connectivity index (χ0n) is 15.5. The summed E-state index contributed by atoms with van der Waals surface area (Å²) in [5.41, 5.74) is 4.86. The van der Waals surface area contributed by atoms with Crippen molar-refractivity contribution in [3.05, 3.63) is 69.7 Å². The van der Waals surface area contributed by atoms with Crippen LogP contribution in [0.25, 0.3) is 11.1 Å². The third-order valence-electron chi connectivity index (χ3n) is 4.33. The maximum atomic E-state index is 12.7. The number of aliphatic hydroxyl groups excluding tert-OH is 1. The molecule has 2 aromatic carbocycles. The number of thiazole rings is 1. The van der Waals surface area contributed by atoms with E-state index in [1.165, 1.54) is 11.3 Å². The predicted molar refractivity (Wildman–Crippen MR) is 110 cm³/mol. The molecule has 0 bridgehead atoms. The summed E-state index contributed by atoms with van der Waals surface area (Å²) < 4.78 is 0. The third-order valence-corrected chi connectivity index (χ3v) is 5.48. The SMILES string of the molecule is Cc1nc(C(=O)Nc2cccc(-c3ccccc3)c2C)sc1CNCCO. The molecule has 3 aromatic rings. The van der Waals surface area contributed by atoms with Gasteiger partial charge < -0.3 is 15.7 Å². The molecule has 0 aliphatic heterocycles. The van der Waals surface area contributed by atoms with Crippen molar-refractivity contribution in [3.63, 3.8) is 0 Å². The molecule has 0 unspecified atom stereocenters. The lowest BCUT2D eigenvalue weighted by molar-refractivity contribution is 0.102. The Morgan fingerprint density at radius 3 is 2.63 bits per heavy atom. The number of hydrogen-bond donors (Lipinski definition) is 3. The van der Waals surface area contributed by atoms with Crippen LogP contribution in [-0.4, -0.2) is 29.1 Å². The highest BCUT2D eigenvalue weighted by atomic mass is 32.1. The predicted octanol–water partition coefficient (Wildman–Crippen LogP) is 3.76. The fourth-order valence-electron chi connectivity index (χ4n) is 2.85. The van der Waals surface area contributed by atoms with Gasteiger partial charge in [-0.2, -0.15) is 0 Å². The van der Waals surface area contributed by atoms with Crippen molar-refractivity contribution in [1.82, 2.24) is 10.3 Å². The van der Waals surface area contributed by atoms with Crippen LogP contribution in [0.5, 0.6) is 0 Å². The van der Waals surface area contributed by atoms with E-state index in [0.717, 1.165) is 32.9 Å². The van der Waals surface area contributed by atoms with Crippen molar-refractivity contribution in [2.75, 3.05) is 18.5 Å². The maximum absolute atomic E-state index is 12.7. The molecule has 0 spiro atoms. The summed E-state index contributed by atoms with van der Waals surface area (Å²) >= 11 is 1.38.